The van der Waals surface area contributed by atoms with E-state index in [-0.39, 0.29) is 5.43 Å². The maximum Gasteiger partial charge on any atom is 0.211 e. The molecule has 86 valence electrons. The third-order valence-electron chi connectivity index (χ3n) is 3.13. The van der Waals surface area contributed by atoms with Gasteiger partial charge >= 0.3 is 0 Å². The molecule has 3 aromatic rings. The van der Waals surface area contributed by atoms with Crippen LogP contribution in [-0.4, -0.2) is 4.57 Å². The van der Waals surface area contributed by atoms with Crippen molar-refractivity contribution in [3.8, 4) is 0 Å². The Labute approximate surface area is 98.3 Å². The topological polar surface area (TPSA) is 35.1 Å². The molecular formula is C14H13NO2. The second-order valence-corrected chi connectivity index (χ2v) is 4.53. The third kappa shape index (κ3) is 1.32. The van der Waals surface area contributed by atoms with Gasteiger partial charge in [-0.05, 0) is 31.5 Å². The Kier molecular flexibility index (Phi) is 1.93. The van der Waals surface area contributed by atoms with Crippen LogP contribution in [-0.2, 0) is 7.05 Å². The van der Waals surface area contributed by atoms with Crippen LogP contribution >= 0.6 is 0 Å². The van der Waals surface area contributed by atoms with Gasteiger partial charge in [0.05, 0.1) is 10.8 Å². The van der Waals surface area contributed by atoms with E-state index in [1.165, 1.54) is 0 Å². The van der Waals surface area contributed by atoms with Gasteiger partial charge < -0.3 is 8.98 Å². The second kappa shape index (κ2) is 3.23. The summed E-state index contributed by atoms with van der Waals surface area (Å²) in [6.07, 6.45) is 1.92. The zero-order valence-corrected chi connectivity index (χ0v) is 10.1. The quantitative estimate of drug-likeness (QED) is 0.592. The number of nitrogens with zero attached hydrogens (tertiary/aromatic N) is 1. The number of rotatable bonds is 0. The molecule has 0 atom stereocenters. The average Bonchev–Trinajstić information content (AvgIpc) is 2.56. The summed E-state index contributed by atoms with van der Waals surface area (Å²) in [6.45, 7) is 3.90. The summed E-state index contributed by atoms with van der Waals surface area (Å²) in [7, 11) is 1.89. The first-order valence-electron chi connectivity index (χ1n) is 5.57. The van der Waals surface area contributed by atoms with Crippen molar-refractivity contribution in [1.82, 2.24) is 4.57 Å². The second-order valence-electron chi connectivity index (χ2n) is 4.53. The van der Waals surface area contributed by atoms with Crippen LogP contribution in [0.15, 0.2) is 33.6 Å². The van der Waals surface area contributed by atoms with Crippen LogP contribution in [0.5, 0.6) is 0 Å². The SMILES string of the molecule is Cc1ccc2oc3c(c(C)cn3C)c(=O)c2c1. The van der Waals surface area contributed by atoms with Gasteiger partial charge in [-0.1, -0.05) is 11.6 Å². The van der Waals surface area contributed by atoms with E-state index in [1.54, 1.807) is 0 Å². The van der Waals surface area contributed by atoms with Crippen LogP contribution in [0, 0.1) is 13.8 Å². The average molecular weight is 227 g/mol. The highest BCUT2D eigenvalue weighted by atomic mass is 16.3. The molecule has 0 N–H and O–H groups in total. The maximum absolute atomic E-state index is 12.4. The summed E-state index contributed by atoms with van der Waals surface area (Å²) < 4.78 is 7.65. The molecule has 0 saturated carbocycles. The number of aromatic nitrogens is 1. The van der Waals surface area contributed by atoms with Crippen LogP contribution in [0.3, 0.4) is 0 Å². The lowest BCUT2D eigenvalue weighted by Crippen LogP contribution is -2.02. The zero-order valence-electron chi connectivity index (χ0n) is 10.1. The molecule has 3 rings (SSSR count). The summed E-state index contributed by atoms with van der Waals surface area (Å²) in [5, 5.41) is 1.34. The molecule has 3 nitrogen and oxygen atoms in total. The highest BCUT2D eigenvalue weighted by Gasteiger charge is 2.13. The van der Waals surface area contributed by atoms with E-state index in [4.69, 9.17) is 4.42 Å². The predicted octanol–water partition coefficient (Wildman–Crippen LogP) is 2.90. The maximum atomic E-state index is 12.4. The van der Waals surface area contributed by atoms with Crippen LogP contribution < -0.4 is 5.43 Å². The van der Waals surface area contributed by atoms with E-state index in [0.717, 1.165) is 11.1 Å². The predicted molar refractivity (Wildman–Crippen MR) is 68.4 cm³/mol. The molecule has 0 saturated heterocycles. The molecule has 2 heterocycles. The summed E-state index contributed by atoms with van der Waals surface area (Å²) in [5.41, 5.74) is 3.37. The lowest BCUT2D eigenvalue weighted by molar-refractivity contribution is 0.622. The van der Waals surface area contributed by atoms with Crippen molar-refractivity contribution in [3.63, 3.8) is 0 Å². The molecule has 3 heteroatoms. The molecule has 0 bridgehead atoms. The van der Waals surface area contributed by atoms with E-state index >= 15 is 0 Å². The van der Waals surface area contributed by atoms with Gasteiger partial charge in [0, 0.05) is 13.2 Å². The van der Waals surface area contributed by atoms with E-state index in [0.29, 0.717) is 22.1 Å². The fourth-order valence-corrected chi connectivity index (χ4v) is 2.31. The molecule has 0 amide bonds. The fourth-order valence-electron chi connectivity index (χ4n) is 2.31. The minimum atomic E-state index is 0.0584. The number of fused-ring (bicyclic) bond motifs is 2. The molecule has 2 aromatic heterocycles. The molecule has 0 aliphatic rings. The van der Waals surface area contributed by atoms with Crippen LogP contribution in [0.4, 0.5) is 0 Å². The monoisotopic (exact) mass is 227 g/mol. The molecule has 17 heavy (non-hydrogen) atoms. The highest BCUT2D eigenvalue weighted by Crippen LogP contribution is 2.22. The molecule has 1 aromatic carbocycles. The Morgan fingerprint density at radius 3 is 2.76 bits per heavy atom. The van der Waals surface area contributed by atoms with Crippen molar-refractivity contribution in [2.45, 2.75) is 13.8 Å². The molecule has 0 aliphatic carbocycles. The Bertz CT molecular complexity index is 793. The van der Waals surface area contributed by atoms with E-state index in [1.807, 2.05) is 49.9 Å². The summed E-state index contributed by atoms with van der Waals surface area (Å²) in [6, 6.07) is 5.69. The largest absolute Gasteiger partial charge is 0.439 e. The first kappa shape index (κ1) is 10.1. The molecular weight excluding hydrogens is 214 g/mol. The van der Waals surface area contributed by atoms with Gasteiger partial charge in [0.15, 0.2) is 0 Å². The molecule has 0 aliphatic heterocycles. The molecule has 0 fully saturated rings. The number of hydrogen-bond acceptors (Lipinski definition) is 2. The molecule has 0 spiro atoms. The Morgan fingerprint density at radius 1 is 1.24 bits per heavy atom. The summed E-state index contributed by atoms with van der Waals surface area (Å²) in [4.78, 5) is 12.4. The summed E-state index contributed by atoms with van der Waals surface area (Å²) in [5.74, 6) is 0. The lowest BCUT2D eigenvalue weighted by Gasteiger charge is -2.01. The Morgan fingerprint density at radius 2 is 2.00 bits per heavy atom. The van der Waals surface area contributed by atoms with Gasteiger partial charge in [-0.3, -0.25) is 4.79 Å². The van der Waals surface area contributed by atoms with Gasteiger partial charge in [0.25, 0.3) is 0 Å². The van der Waals surface area contributed by atoms with E-state index < -0.39 is 0 Å². The van der Waals surface area contributed by atoms with Crippen molar-refractivity contribution in [1.29, 1.82) is 0 Å². The zero-order chi connectivity index (χ0) is 12.2. The van der Waals surface area contributed by atoms with Crippen molar-refractivity contribution in [3.05, 3.63) is 45.7 Å². The van der Waals surface area contributed by atoms with E-state index in [9.17, 15) is 4.79 Å². The van der Waals surface area contributed by atoms with Crippen LogP contribution in [0.2, 0.25) is 0 Å². The highest BCUT2D eigenvalue weighted by molar-refractivity contribution is 5.90. The first-order chi connectivity index (χ1) is 8.08. The van der Waals surface area contributed by atoms with Gasteiger partial charge in [-0.25, -0.2) is 0 Å². The molecule has 0 radical (unpaired) electrons. The number of benzene rings is 1. The first-order valence-corrected chi connectivity index (χ1v) is 5.57. The van der Waals surface area contributed by atoms with Crippen LogP contribution in [0.1, 0.15) is 11.1 Å². The van der Waals surface area contributed by atoms with E-state index in [2.05, 4.69) is 0 Å². The minimum absolute atomic E-state index is 0.0584. The third-order valence-corrected chi connectivity index (χ3v) is 3.13. The minimum Gasteiger partial charge on any atom is -0.439 e. The lowest BCUT2D eigenvalue weighted by atomic mass is 10.1. The van der Waals surface area contributed by atoms with Crippen LogP contribution in [0.25, 0.3) is 22.1 Å². The standard InChI is InChI=1S/C14H13NO2/c1-8-4-5-11-10(6-8)13(16)12-9(2)7-15(3)14(12)17-11/h4-7H,1-3H3. The molecule has 0 unspecified atom stereocenters. The van der Waals surface area contributed by atoms with Crippen molar-refractivity contribution >= 4 is 22.1 Å². The van der Waals surface area contributed by atoms with Gasteiger partial charge in [0.1, 0.15) is 5.58 Å². The Hall–Kier alpha value is -2.03. The van der Waals surface area contributed by atoms with Gasteiger partial charge in [0.2, 0.25) is 11.1 Å². The Balaban J connectivity index is 2.65. The van der Waals surface area contributed by atoms with Crippen molar-refractivity contribution < 1.29 is 4.42 Å². The normalized spacial score (nSPS) is 11.5. The summed E-state index contributed by atoms with van der Waals surface area (Å²) >= 11 is 0. The van der Waals surface area contributed by atoms with Gasteiger partial charge in [-0.2, -0.15) is 0 Å². The number of hydrogen-bond donors (Lipinski definition) is 0. The smallest absolute Gasteiger partial charge is 0.211 e. The fraction of sp³-hybridized carbons (Fsp3) is 0.214. The van der Waals surface area contributed by atoms with Crippen molar-refractivity contribution in [2.75, 3.05) is 0 Å². The number of aryl methyl sites for hydroxylation is 3. The van der Waals surface area contributed by atoms with Gasteiger partial charge in [-0.15, -0.1) is 0 Å². The van der Waals surface area contributed by atoms with Crippen molar-refractivity contribution in [2.24, 2.45) is 7.05 Å².